The van der Waals surface area contributed by atoms with E-state index in [1.165, 1.54) is 0 Å². The lowest BCUT2D eigenvalue weighted by Crippen LogP contribution is -1.97. The van der Waals surface area contributed by atoms with E-state index in [9.17, 15) is 19.4 Å². The van der Waals surface area contributed by atoms with Crippen molar-refractivity contribution in [3.05, 3.63) is 33.1 Å². The number of nitrogens with zero attached hydrogens (tertiary/aromatic N) is 2. The lowest BCUT2D eigenvalue weighted by atomic mass is 10.1. The maximum absolute atomic E-state index is 11.0. The van der Waals surface area contributed by atoms with Gasteiger partial charge in [-0.05, 0) is 45.7 Å². The fourth-order valence-corrected chi connectivity index (χ4v) is 1.44. The molecule has 0 saturated carbocycles. The number of halogens is 2. The molecule has 1 rings (SSSR count). The van der Waals surface area contributed by atoms with E-state index in [0.29, 0.717) is 0 Å². The lowest BCUT2D eigenvalue weighted by molar-refractivity contribution is 0.108. The van der Waals surface area contributed by atoms with Gasteiger partial charge in [0.25, 0.3) is 10.5 Å². The van der Waals surface area contributed by atoms with Crippen molar-refractivity contribution in [3.63, 3.8) is 0 Å². The SMILES string of the molecule is O=Nc1ccc(C(=O)Cl)c(N=O)c1C(=O)Cl. The normalized spacial score (nSPS) is 9.62. The van der Waals surface area contributed by atoms with Crippen LogP contribution in [-0.4, -0.2) is 10.5 Å². The maximum Gasteiger partial charge on any atom is 0.257 e. The smallest absolute Gasteiger partial charge is 0.257 e. The number of benzene rings is 1. The highest BCUT2D eigenvalue weighted by molar-refractivity contribution is 6.70. The molecule has 16 heavy (non-hydrogen) atoms. The van der Waals surface area contributed by atoms with Crippen LogP contribution in [-0.2, 0) is 0 Å². The van der Waals surface area contributed by atoms with Gasteiger partial charge in [0.1, 0.15) is 11.4 Å². The topological polar surface area (TPSA) is 93.0 Å². The number of carbonyl (C=O) groups is 2. The number of nitroso groups, excluding NO2 is 2. The highest BCUT2D eigenvalue weighted by Gasteiger charge is 2.22. The fourth-order valence-electron chi connectivity index (χ4n) is 1.10. The molecule has 0 saturated heterocycles. The van der Waals surface area contributed by atoms with Gasteiger partial charge in [-0.2, -0.15) is 0 Å². The monoisotopic (exact) mass is 260 g/mol. The van der Waals surface area contributed by atoms with Crippen LogP contribution >= 0.6 is 23.2 Å². The maximum atomic E-state index is 11.0. The molecule has 0 spiro atoms. The zero-order chi connectivity index (χ0) is 12.3. The van der Waals surface area contributed by atoms with E-state index in [2.05, 4.69) is 10.4 Å². The largest absolute Gasteiger partial charge is 0.276 e. The average Bonchev–Trinajstić information content (AvgIpc) is 2.26. The zero-order valence-corrected chi connectivity index (χ0v) is 8.95. The quantitative estimate of drug-likeness (QED) is 0.614. The second kappa shape index (κ2) is 4.91. The molecule has 0 aromatic heterocycles. The summed E-state index contributed by atoms with van der Waals surface area (Å²) in [4.78, 5) is 42.8. The van der Waals surface area contributed by atoms with Gasteiger partial charge in [-0.25, -0.2) is 0 Å². The lowest BCUT2D eigenvalue weighted by Gasteiger charge is -2.03. The molecule has 0 atom stereocenters. The fraction of sp³-hybridized carbons (Fsp3) is 0. The molecule has 8 heteroatoms. The molecule has 0 amide bonds. The van der Waals surface area contributed by atoms with Crippen LogP contribution in [0.25, 0.3) is 0 Å². The van der Waals surface area contributed by atoms with E-state index < -0.39 is 21.7 Å². The molecule has 6 nitrogen and oxygen atoms in total. The summed E-state index contributed by atoms with van der Waals surface area (Å²) in [5.74, 6) is 0. The van der Waals surface area contributed by atoms with Gasteiger partial charge in [-0.15, -0.1) is 9.81 Å². The van der Waals surface area contributed by atoms with Gasteiger partial charge < -0.3 is 0 Å². The van der Waals surface area contributed by atoms with Gasteiger partial charge in [0, 0.05) is 0 Å². The predicted octanol–water partition coefficient (Wildman–Crippen LogP) is 3.24. The Morgan fingerprint density at radius 2 is 1.62 bits per heavy atom. The van der Waals surface area contributed by atoms with Gasteiger partial charge in [0.15, 0.2) is 0 Å². The Morgan fingerprint density at radius 1 is 1.00 bits per heavy atom. The summed E-state index contributed by atoms with van der Waals surface area (Å²) in [6.07, 6.45) is 0. The molecule has 0 aliphatic rings. The van der Waals surface area contributed by atoms with Crippen molar-refractivity contribution < 1.29 is 9.59 Å². The molecular weight excluding hydrogens is 259 g/mol. The minimum atomic E-state index is -1.12. The summed E-state index contributed by atoms with van der Waals surface area (Å²) in [5.41, 5.74) is -1.81. The van der Waals surface area contributed by atoms with Crippen LogP contribution in [0.3, 0.4) is 0 Å². The second-order valence-electron chi connectivity index (χ2n) is 2.59. The summed E-state index contributed by atoms with van der Waals surface area (Å²) < 4.78 is 0. The Labute approximate surface area is 98.5 Å². The van der Waals surface area contributed by atoms with Crippen molar-refractivity contribution in [2.45, 2.75) is 0 Å². The van der Waals surface area contributed by atoms with Crippen LogP contribution in [0.4, 0.5) is 11.4 Å². The van der Waals surface area contributed by atoms with Crippen molar-refractivity contribution in [1.82, 2.24) is 0 Å². The first kappa shape index (κ1) is 12.4. The number of rotatable bonds is 4. The predicted molar refractivity (Wildman–Crippen MR) is 57.7 cm³/mol. The third-order valence-electron chi connectivity index (χ3n) is 1.75. The molecule has 0 fully saturated rings. The van der Waals surface area contributed by atoms with Gasteiger partial charge in [-0.3, -0.25) is 9.59 Å². The highest BCUT2D eigenvalue weighted by Crippen LogP contribution is 2.34. The zero-order valence-electron chi connectivity index (χ0n) is 7.44. The summed E-state index contributed by atoms with van der Waals surface area (Å²) in [6, 6.07) is 2.11. The Morgan fingerprint density at radius 3 is 2.00 bits per heavy atom. The van der Waals surface area contributed by atoms with Crippen LogP contribution in [0, 0.1) is 9.81 Å². The third-order valence-corrected chi connectivity index (χ3v) is 2.15. The van der Waals surface area contributed by atoms with Crippen LogP contribution in [0.5, 0.6) is 0 Å². The molecule has 0 unspecified atom stereocenters. The van der Waals surface area contributed by atoms with Gasteiger partial charge in [0.05, 0.1) is 11.1 Å². The van der Waals surface area contributed by atoms with Gasteiger partial charge in [0.2, 0.25) is 0 Å². The van der Waals surface area contributed by atoms with Crippen molar-refractivity contribution in [3.8, 4) is 0 Å². The van der Waals surface area contributed by atoms with Crippen LogP contribution < -0.4 is 0 Å². The van der Waals surface area contributed by atoms with E-state index in [1.807, 2.05) is 0 Å². The van der Waals surface area contributed by atoms with E-state index in [0.717, 1.165) is 12.1 Å². The molecule has 0 bridgehead atoms. The number of hydrogen-bond donors (Lipinski definition) is 0. The van der Waals surface area contributed by atoms with Crippen molar-refractivity contribution >= 4 is 45.1 Å². The van der Waals surface area contributed by atoms with Crippen molar-refractivity contribution in [2.24, 2.45) is 10.4 Å². The Bertz CT molecular complexity index is 501. The van der Waals surface area contributed by atoms with E-state index in [4.69, 9.17) is 23.2 Å². The van der Waals surface area contributed by atoms with E-state index in [-0.39, 0.29) is 11.3 Å². The Hall–Kier alpha value is -1.66. The summed E-state index contributed by atoms with van der Waals surface area (Å²) >= 11 is 10.3. The molecule has 1 aromatic carbocycles. The molecule has 0 aliphatic heterocycles. The molecular formula is C8H2Cl2N2O4. The minimum absolute atomic E-state index is 0.312. The number of hydrogen-bond acceptors (Lipinski definition) is 6. The van der Waals surface area contributed by atoms with E-state index in [1.54, 1.807) is 0 Å². The molecule has 1 aromatic rings. The van der Waals surface area contributed by atoms with Crippen LogP contribution in [0.15, 0.2) is 22.5 Å². The third kappa shape index (κ3) is 2.12. The Kier molecular flexibility index (Phi) is 3.81. The first-order chi connectivity index (χ1) is 7.52. The summed E-state index contributed by atoms with van der Waals surface area (Å²) in [5, 5.41) is 2.84. The van der Waals surface area contributed by atoms with E-state index >= 15 is 0 Å². The molecule has 0 aliphatic carbocycles. The molecule has 82 valence electrons. The first-order valence-corrected chi connectivity index (χ1v) is 4.52. The van der Waals surface area contributed by atoms with Gasteiger partial charge >= 0.3 is 0 Å². The van der Waals surface area contributed by atoms with Crippen molar-refractivity contribution in [2.75, 3.05) is 0 Å². The first-order valence-electron chi connectivity index (χ1n) is 3.76. The summed E-state index contributed by atoms with van der Waals surface area (Å²) in [7, 11) is 0. The standard InChI is InChI=1S/C8H2Cl2N2O4/c9-7(13)3-1-2-4(11-15)5(8(10)14)6(3)12-16/h1-2H. The summed E-state index contributed by atoms with van der Waals surface area (Å²) in [6.45, 7) is 0. The molecule has 0 heterocycles. The van der Waals surface area contributed by atoms with Crippen molar-refractivity contribution in [1.29, 1.82) is 0 Å². The second-order valence-corrected chi connectivity index (χ2v) is 3.27. The van der Waals surface area contributed by atoms with Gasteiger partial charge in [-0.1, -0.05) is 0 Å². The average molecular weight is 261 g/mol. The van der Waals surface area contributed by atoms with Crippen LogP contribution in [0.2, 0.25) is 0 Å². The molecule has 0 N–H and O–H groups in total. The Balaban J connectivity index is 3.69. The molecule has 0 radical (unpaired) electrons. The minimum Gasteiger partial charge on any atom is -0.276 e. The number of carbonyl (C=O) groups excluding carboxylic acids is 2. The highest BCUT2D eigenvalue weighted by atomic mass is 35.5. The van der Waals surface area contributed by atoms with Crippen LogP contribution in [0.1, 0.15) is 20.7 Å².